The van der Waals surface area contributed by atoms with E-state index in [0.29, 0.717) is 37.4 Å². The van der Waals surface area contributed by atoms with Crippen LogP contribution in [0.1, 0.15) is 78.5 Å². The van der Waals surface area contributed by atoms with Crippen molar-refractivity contribution in [3.63, 3.8) is 0 Å². The number of halogens is 1. The summed E-state index contributed by atoms with van der Waals surface area (Å²) in [5.41, 5.74) is 4.83. The van der Waals surface area contributed by atoms with E-state index < -0.39 is 37.3 Å². The monoisotopic (exact) mass is 986 g/mol. The number of fused-ring (bicyclic) bond motifs is 1. The maximum atomic E-state index is 14.7. The topological polar surface area (TPSA) is 184 Å². The zero-order valence-corrected chi connectivity index (χ0v) is 40.9. The van der Waals surface area contributed by atoms with Crippen LogP contribution in [0.25, 0.3) is 11.0 Å². The second-order valence-electron chi connectivity index (χ2n) is 19.8. The maximum absolute atomic E-state index is 14.7. The van der Waals surface area contributed by atoms with E-state index in [9.17, 15) is 27.7 Å². The predicted molar refractivity (Wildman–Crippen MR) is 268 cm³/mol. The molecule has 1 amide bonds. The number of ether oxygens (including phenoxy) is 3. The minimum absolute atomic E-state index is 0.0255. The minimum Gasteiger partial charge on any atom is -0.497 e. The number of aromatic nitrogens is 2. The van der Waals surface area contributed by atoms with Crippen LogP contribution in [0, 0.1) is 27.3 Å². The summed E-state index contributed by atoms with van der Waals surface area (Å²) < 4.78 is 61.4. The molecule has 372 valence electrons. The van der Waals surface area contributed by atoms with E-state index in [1.807, 2.05) is 12.1 Å². The lowest BCUT2D eigenvalue weighted by atomic mass is 9.59. The number of aromatic amines is 1. The van der Waals surface area contributed by atoms with E-state index in [1.54, 1.807) is 19.2 Å². The molecular formula is C53H59FN8O8S. The third-order valence-electron chi connectivity index (χ3n) is 14.8. The molecule has 3 saturated heterocycles. The molecule has 1 atom stereocenters. The summed E-state index contributed by atoms with van der Waals surface area (Å²) in [6, 6.07) is 27.8. The number of piperazine rings is 1. The first-order valence-corrected chi connectivity index (χ1v) is 25.8. The van der Waals surface area contributed by atoms with Crippen LogP contribution in [0.4, 0.5) is 21.5 Å². The number of nitro benzene ring substituents is 1. The Morgan fingerprint density at radius 2 is 1.77 bits per heavy atom. The molecule has 1 spiro atoms. The number of nitro groups is 1. The van der Waals surface area contributed by atoms with Gasteiger partial charge in [-0.25, -0.2) is 22.5 Å². The first kappa shape index (κ1) is 48.0. The molecule has 3 N–H and O–H groups in total. The summed E-state index contributed by atoms with van der Waals surface area (Å²) >= 11 is 0. The standard InChI is InChI=1S/C53H59FN8O8S/c1-34(2)42-6-4-5-7-43(42)49-31-59(30-36-8-11-39(68-3)12-9-36)18-19-61(49)38-25-53(26-38)32-60(33-53)37-10-14-44(50(22-37)70-40-23-45-46(54)29-57-51(45)56-28-40)52(63)58-71(66,67)41-13-15-47(48(24-41)62(64)65)55-27-35-16-20-69-21-17-35/h4-15,22-24,28-29,34-35,38,49,55H,16-21,25-27,30-33H2,1-3H3,(H,56,57)(H,58,63)/t49-/m0/s1. The lowest BCUT2D eigenvalue weighted by Crippen LogP contribution is -2.68. The van der Waals surface area contributed by atoms with Crippen LogP contribution in [0.3, 0.4) is 0 Å². The Bertz CT molecular complexity index is 3040. The van der Waals surface area contributed by atoms with E-state index in [1.165, 1.54) is 53.3 Å². The van der Waals surface area contributed by atoms with Gasteiger partial charge in [0.25, 0.3) is 21.6 Å². The molecule has 16 nitrogen and oxygen atoms in total. The third kappa shape index (κ3) is 10.2. The Labute approximate surface area is 412 Å². The highest BCUT2D eigenvalue weighted by Crippen LogP contribution is 2.54. The second-order valence-corrected chi connectivity index (χ2v) is 21.5. The van der Waals surface area contributed by atoms with Crippen LogP contribution in [0.5, 0.6) is 17.2 Å². The number of hydrogen-bond acceptors (Lipinski definition) is 13. The fraction of sp³-hybridized carbons (Fsp3) is 0.396. The number of benzene rings is 4. The molecule has 0 unspecified atom stereocenters. The smallest absolute Gasteiger partial charge is 0.293 e. The van der Waals surface area contributed by atoms with Crippen molar-refractivity contribution in [3.05, 3.63) is 142 Å². The second kappa shape index (κ2) is 19.9. The van der Waals surface area contributed by atoms with E-state index >= 15 is 0 Å². The third-order valence-corrected chi connectivity index (χ3v) is 16.1. The minimum atomic E-state index is -4.62. The summed E-state index contributed by atoms with van der Waals surface area (Å²) in [5.74, 6) is 0.0922. The lowest BCUT2D eigenvalue weighted by molar-refractivity contribution is -0.384. The number of nitrogens with one attached hydrogen (secondary N) is 3. The maximum Gasteiger partial charge on any atom is 0.293 e. The SMILES string of the molecule is COc1ccc(CN2CCN(C3CC4(C3)CN(c3ccc(C(=O)NS(=O)(=O)c5ccc(NCC6CCOCC6)c([N+](=O)[O-])c5)c(Oc5cnc6[nH]cc(F)c6c5)c3)C4)[C@H](c3ccccc3C(C)C)C2)cc1. The zero-order valence-electron chi connectivity index (χ0n) is 40.1. The van der Waals surface area contributed by atoms with Gasteiger partial charge in [-0.2, -0.15) is 0 Å². The van der Waals surface area contributed by atoms with E-state index in [4.69, 9.17) is 14.2 Å². The van der Waals surface area contributed by atoms with Gasteiger partial charge >= 0.3 is 0 Å². The number of amides is 1. The number of hydrogen-bond donors (Lipinski definition) is 3. The largest absolute Gasteiger partial charge is 0.497 e. The molecule has 2 aromatic heterocycles. The molecule has 4 aliphatic rings. The quantitative estimate of drug-likeness (QED) is 0.0617. The highest BCUT2D eigenvalue weighted by Gasteiger charge is 2.55. The molecule has 1 aliphatic carbocycles. The van der Waals surface area contributed by atoms with E-state index in [0.717, 1.165) is 82.5 Å². The van der Waals surface area contributed by atoms with Gasteiger partial charge in [0.2, 0.25) is 0 Å². The van der Waals surface area contributed by atoms with Gasteiger partial charge in [-0.3, -0.25) is 24.7 Å². The normalized spacial score (nSPS) is 18.8. The van der Waals surface area contributed by atoms with Crippen molar-refractivity contribution in [2.24, 2.45) is 11.3 Å². The predicted octanol–water partition coefficient (Wildman–Crippen LogP) is 9.02. The zero-order chi connectivity index (χ0) is 49.4. The molecule has 4 aromatic carbocycles. The van der Waals surface area contributed by atoms with Gasteiger partial charge in [0, 0.05) is 101 Å². The van der Waals surface area contributed by atoms with Gasteiger partial charge in [-0.05, 0) is 96.7 Å². The summed E-state index contributed by atoms with van der Waals surface area (Å²) in [5, 5.41) is 15.4. The number of methoxy groups -OCH3 is 1. The average molecular weight is 987 g/mol. The Morgan fingerprint density at radius 3 is 2.52 bits per heavy atom. The van der Waals surface area contributed by atoms with E-state index in [2.05, 4.69) is 85.0 Å². The molecule has 6 aromatic rings. The van der Waals surface area contributed by atoms with Gasteiger partial charge in [0.05, 0.1) is 34.1 Å². The fourth-order valence-electron chi connectivity index (χ4n) is 11.0. The number of carbonyl (C=O) groups is 1. The van der Waals surface area contributed by atoms with E-state index in [-0.39, 0.29) is 45.5 Å². The molecule has 0 bridgehead atoms. The Hall–Kier alpha value is -6.60. The number of H-pyrrole nitrogens is 1. The van der Waals surface area contributed by atoms with Crippen molar-refractivity contribution in [1.82, 2.24) is 24.5 Å². The van der Waals surface area contributed by atoms with Crippen molar-refractivity contribution >= 4 is 44.0 Å². The molecule has 4 fully saturated rings. The number of sulfonamides is 1. The molecule has 71 heavy (non-hydrogen) atoms. The number of nitrogens with zero attached hydrogens (tertiary/aromatic N) is 5. The number of anilines is 2. The Kier molecular flexibility index (Phi) is 13.5. The van der Waals surface area contributed by atoms with Crippen LogP contribution in [0.2, 0.25) is 0 Å². The summed E-state index contributed by atoms with van der Waals surface area (Å²) in [4.78, 5) is 39.6. The van der Waals surface area contributed by atoms with Crippen molar-refractivity contribution in [2.45, 2.75) is 69.0 Å². The average Bonchev–Trinajstić information content (AvgIpc) is 3.72. The molecule has 3 aliphatic heterocycles. The van der Waals surface area contributed by atoms with Gasteiger partial charge in [-0.15, -0.1) is 0 Å². The molecular weight excluding hydrogens is 928 g/mol. The molecule has 0 radical (unpaired) electrons. The van der Waals surface area contributed by atoms with Crippen LogP contribution < -0.4 is 24.4 Å². The fourth-order valence-corrected chi connectivity index (χ4v) is 11.9. The van der Waals surface area contributed by atoms with Crippen LogP contribution >= 0.6 is 0 Å². The van der Waals surface area contributed by atoms with Crippen molar-refractivity contribution in [2.75, 3.05) is 69.8 Å². The van der Waals surface area contributed by atoms with Crippen LogP contribution in [-0.4, -0.2) is 105 Å². The first-order chi connectivity index (χ1) is 34.2. The molecule has 1 saturated carbocycles. The van der Waals surface area contributed by atoms with Gasteiger partial charge in [-0.1, -0.05) is 50.2 Å². The van der Waals surface area contributed by atoms with Gasteiger partial charge < -0.3 is 29.4 Å². The Balaban J connectivity index is 0.853. The number of rotatable bonds is 16. The summed E-state index contributed by atoms with van der Waals surface area (Å²) in [6.45, 7) is 11.5. The first-order valence-electron chi connectivity index (χ1n) is 24.3. The summed E-state index contributed by atoms with van der Waals surface area (Å²) in [6.07, 6.45) is 6.27. The molecule has 5 heterocycles. The highest BCUT2D eigenvalue weighted by molar-refractivity contribution is 7.90. The van der Waals surface area contributed by atoms with Crippen LogP contribution in [-0.2, 0) is 21.3 Å². The van der Waals surface area contributed by atoms with Crippen molar-refractivity contribution < 1.29 is 36.7 Å². The molecule has 10 rings (SSSR count). The van der Waals surface area contributed by atoms with Gasteiger partial charge in [0.1, 0.15) is 34.4 Å². The number of pyridine rings is 1. The summed E-state index contributed by atoms with van der Waals surface area (Å²) in [7, 11) is -2.93. The van der Waals surface area contributed by atoms with Crippen molar-refractivity contribution in [1.29, 1.82) is 0 Å². The van der Waals surface area contributed by atoms with Gasteiger partial charge in [0.15, 0.2) is 0 Å². The lowest BCUT2D eigenvalue weighted by Gasteiger charge is -2.63. The van der Waals surface area contributed by atoms with Crippen LogP contribution in [0.15, 0.2) is 108 Å². The highest BCUT2D eigenvalue weighted by atomic mass is 32.2. The Morgan fingerprint density at radius 1 is 1.00 bits per heavy atom. The molecule has 18 heteroatoms. The van der Waals surface area contributed by atoms with Crippen molar-refractivity contribution in [3.8, 4) is 17.2 Å². The number of carbonyl (C=O) groups excluding carboxylic acids is 1.